The molecule has 6 heteroatoms. The second-order valence-corrected chi connectivity index (χ2v) is 6.34. The summed E-state index contributed by atoms with van der Waals surface area (Å²) in [6.45, 7) is 6.55. The van der Waals surface area contributed by atoms with Crippen molar-refractivity contribution in [3.63, 3.8) is 0 Å². The Bertz CT molecular complexity index is 709. The standard InChI is InChI=1S/C22H26O6/c1-5-25-19(23)21(3,27-17-13-9-7-10-14-17)22(4,20(24)26-6-2)28-18-15-11-8-12-16-18/h7-16H,5-6H2,1-4H3. The van der Waals surface area contributed by atoms with E-state index in [1.54, 1.807) is 62.4 Å². The first-order valence-electron chi connectivity index (χ1n) is 9.20. The van der Waals surface area contributed by atoms with E-state index in [-0.39, 0.29) is 13.2 Å². The van der Waals surface area contributed by atoms with E-state index in [1.807, 2.05) is 12.1 Å². The minimum absolute atomic E-state index is 0.122. The predicted molar refractivity (Wildman–Crippen MR) is 104 cm³/mol. The Labute approximate surface area is 165 Å². The third kappa shape index (κ3) is 4.44. The fourth-order valence-corrected chi connectivity index (χ4v) is 2.65. The second-order valence-electron chi connectivity index (χ2n) is 6.34. The van der Waals surface area contributed by atoms with Gasteiger partial charge in [0.15, 0.2) is 0 Å². The molecule has 0 aliphatic heterocycles. The SMILES string of the molecule is CCOC(=O)C(C)(Oc1ccccc1)C(C)(Oc1ccccc1)C(=O)OCC. The van der Waals surface area contributed by atoms with Crippen LogP contribution >= 0.6 is 0 Å². The molecule has 2 aromatic carbocycles. The van der Waals surface area contributed by atoms with Crippen LogP contribution in [0.25, 0.3) is 0 Å². The van der Waals surface area contributed by atoms with Gasteiger partial charge < -0.3 is 18.9 Å². The number of hydrogen-bond acceptors (Lipinski definition) is 6. The van der Waals surface area contributed by atoms with Gasteiger partial charge in [0, 0.05) is 0 Å². The Kier molecular flexibility index (Phi) is 7.04. The molecule has 0 aliphatic rings. The van der Waals surface area contributed by atoms with Gasteiger partial charge in [0.2, 0.25) is 0 Å². The molecule has 0 radical (unpaired) electrons. The topological polar surface area (TPSA) is 71.1 Å². The molecule has 0 fully saturated rings. The maximum absolute atomic E-state index is 13.0. The molecule has 0 saturated heterocycles. The highest BCUT2D eigenvalue weighted by Gasteiger charge is 2.62. The summed E-state index contributed by atoms with van der Waals surface area (Å²) < 4.78 is 22.5. The number of carbonyl (C=O) groups excluding carboxylic acids is 2. The molecule has 6 nitrogen and oxygen atoms in total. The Morgan fingerprint density at radius 1 is 0.679 bits per heavy atom. The Morgan fingerprint density at radius 2 is 1.00 bits per heavy atom. The van der Waals surface area contributed by atoms with E-state index in [4.69, 9.17) is 18.9 Å². The van der Waals surface area contributed by atoms with Gasteiger partial charge in [-0.3, -0.25) is 0 Å². The van der Waals surface area contributed by atoms with Gasteiger partial charge in [-0.2, -0.15) is 0 Å². The van der Waals surface area contributed by atoms with Crippen LogP contribution in [0.3, 0.4) is 0 Å². The zero-order valence-corrected chi connectivity index (χ0v) is 16.6. The van der Waals surface area contributed by atoms with Crippen LogP contribution in [0.4, 0.5) is 0 Å². The number of benzene rings is 2. The van der Waals surface area contributed by atoms with Crippen LogP contribution in [-0.2, 0) is 19.1 Å². The van der Waals surface area contributed by atoms with Crippen LogP contribution in [0.5, 0.6) is 11.5 Å². The van der Waals surface area contributed by atoms with E-state index in [0.717, 1.165) is 0 Å². The third-order valence-electron chi connectivity index (χ3n) is 4.37. The lowest BCUT2D eigenvalue weighted by molar-refractivity contribution is -0.196. The van der Waals surface area contributed by atoms with Crippen molar-refractivity contribution in [1.29, 1.82) is 0 Å². The molecule has 0 amide bonds. The van der Waals surface area contributed by atoms with Crippen molar-refractivity contribution in [2.45, 2.75) is 38.9 Å². The van der Waals surface area contributed by atoms with Gasteiger partial charge in [-0.1, -0.05) is 36.4 Å². The molecule has 150 valence electrons. The van der Waals surface area contributed by atoms with Crippen molar-refractivity contribution in [3.8, 4) is 11.5 Å². The van der Waals surface area contributed by atoms with Crippen LogP contribution < -0.4 is 9.47 Å². The fraction of sp³-hybridized carbons (Fsp3) is 0.364. The molecule has 28 heavy (non-hydrogen) atoms. The van der Waals surface area contributed by atoms with E-state index in [2.05, 4.69) is 0 Å². The number of rotatable bonds is 9. The summed E-state index contributed by atoms with van der Waals surface area (Å²) >= 11 is 0. The molecule has 0 saturated carbocycles. The molecule has 0 bridgehead atoms. The van der Waals surface area contributed by atoms with Crippen molar-refractivity contribution in [1.82, 2.24) is 0 Å². The zero-order chi connectivity index (χ0) is 20.6. The lowest BCUT2D eigenvalue weighted by atomic mass is 9.84. The summed E-state index contributed by atoms with van der Waals surface area (Å²) in [5.41, 5.74) is -3.63. The maximum atomic E-state index is 13.0. The van der Waals surface area contributed by atoms with Crippen LogP contribution in [-0.4, -0.2) is 36.4 Å². The molecular weight excluding hydrogens is 360 g/mol. The van der Waals surface area contributed by atoms with Crippen LogP contribution in [0.1, 0.15) is 27.7 Å². The number of esters is 2. The summed E-state index contributed by atoms with van der Waals surface area (Å²) in [5, 5.41) is 0. The van der Waals surface area contributed by atoms with Gasteiger partial charge in [0.1, 0.15) is 11.5 Å². The summed E-state index contributed by atoms with van der Waals surface area (Å²) in [6, 6.07) is 17.4. The average Bonchev–Trinajstić information content (AvgIpc) is 2.69. The first kappa shape index (κ1) is 21.3. The summed E-state index contributed by atoms with van der Waals surface area (Å²) in [7, 11) is 0. The molecule has 0 aliphatic carbocycles. The Balaban J connectivity index is 2.55. The lowest BCUT2D eigenvalue weighted by Gasteiger charge is -2.41. The predicted octanol–water partition coefficient (Wildman–Crippen LogP) is 3.79. The summed E-state index contributed by atoms with van der Waals surface area (Å²) in [6.07, 6.45) is 0. The van der Waals surface area contributed by atoms with Gasteiger partial charge in [-0.05, 0) is 52.0 Å². The van der Waals surface area contributed by atoms with Gasteiger partial charge in [0.05, 0.1) is 13.2 Å². The smallest absolute Gasteiger partial charge is 0.355 e. The van der Waals surface area contributed by atoms with Crippen molar-refractivity contribution in [2.24, 2.45) is 0 Å². The third-order valence-corrected chi connectivity index (χ3v) is 4.37. The summed E-state index contributed by atoms with van der Waals surface area (Å²) in [5.74, 6) is -0.675. The lowest BCUT2D eigenvalue weighted by Crippen LogP contribution is -2.67. The molecule has 2 unspecified atom stereocenters. The van der Waals surface area contributed by atoms with E-state index in [0.29, 0.717) is 11.5 Å². The number of ether oxygens (including phenoxy) is 4. The monoisotopic (exact) mass is 386 g/mol. The Morgan fingerprint density at radius 3 is 1.29 bits per heavy atom. The van der Waals surface area contributed by atoms with Gasteiger partial charge in [-0.15, -0.1) is 0 Å². The maximum Gasteiger partial charge on any atom is 0.355 e. The minimum Gasteiger partial charge on any atom is -0.471 e. The first-order valence-corrected chi connectivity index (χ1v) is 9.20. The largest absolute Gasteiger partial charge is 0.471 e. The van der Waals surface area contributed by atoms with Crippen LogP contribution in [0, 0.1) is 0 Å². The van der Waals surface area contributed by atoms with Gasteiger partial charge >= 0.3 is 11.9 Å². The first-order chi connectivity index (χ1) is 13.4. The highest BCUT2D eigenvalue weighted by atomic mass is 16.6. The van der Waals surface area contributed by atoms with Gasteiger partial charge in [0.25, 0.3) is 11.2 Å². The van der Waals surface area contributed by atoms with E-state index >= 15 is 0 Å². The van der Waals surface area contributed by atoms with E-state index < -0.39 is 23.1 Å². The minimum atomic E-state index is -1.81. The Hall–Kier alpha value is -3.02. The highest BCUT2D eigenvalue weighted by molar-refractivity contribution is 5.93. The molecule has 0 heterocycles. The van der Waals surface area contributed by atoms with Crippen LogP contribution in [0.2, 0.25) is 0 Å². The molecule has 0 N–H and O–H groups in total. The summed E-state index contributed by atoms with van der Waals surface area (Å²) in [4.78, 5) is 26.0. The number of hydrogen-bond donors (Lipinski definition) is 0. The van der Waals surface area contributed by atoms with Crippen molar-refractivity contribution < 1.29 is 28.5 Å². The number of carbonyl (C=O) groups is 2. The molecule has 2 rings (SSSR count). The number of para-hydroxylation sites is 2. The molecular formula is C22H26O6. The van der Waals surface area contributed by atoms with Crippen molar-refractivity contribution >= 4 is 11.9 Å². The van der Waals surface area contributed by atoms with E-state index in [1.165, 1.54) is 13.8 Å². The van der Waals surface area contributed by atoms with E-state index in [9.17, 15) is 9.59 Å². The highest BCUT2D eigenvalue weighted by Crippen LogP contribution is 2.35. The molecule has 2 aromatic rings. The second kappa shape index (κ2) is 9.26. The normalized spacial score (nSPS) is 14.9. The average molecular weight is 386 g/mol. The molecule has 0 aromatic heterocycles. The molecule has 0 spiro atoms. The molecule has 2 atom stereocenters. The van der Waals surface area contributed by atoms with Crippen LogP contribution in [0.15, 0.2) is 60.7 Å². The van der Waals surface area contributed by atoms with Gasteiger partial charge in [-0.25, -0.2) is 9.59 Å². The quantitative estimate of drug-likeness (QED) is 0.611. The van der Waals surface area contributed by atoms with Crippen molar-refractivity contribution in [3.05, 3.63) is 60.7 Å². The zero-order valence-electron chi connectivity index (χ0n) is 16.6. The fourth-order valence-electron chi connectivity index (χ4n) is 2.65. The van der Waals surface area contributed by atoms with Crippen molar-refractivity contribution in [2.75, 3.05) is 13.2 Å².